The van der Waals surface area contributed by atoms with E-state index in [2.05, 4.69) is 10.3 Å². The molecule has 104 valence electrons. The van der Waals surface area contributed by atoms with Gasteiger partial charge in [-0.25, -0.2) is 4.98 Å². The van der Waals surface area contributed by atoms with Crippen molar-refractivity contribution in [2.45, 2.75) is 45.7 Å². The predicted octanol–water partition coefficient (Wildman–Crippen LogP) is 1.64. The van der Waals surface area contributed by atoms with Crippen molar-refractivity contribution >= 4 is 23.2 Å². The summed E-state index contributed by atoms with van der Waals surface area (Å²) in [6.07, 6.45) is 1.05. The fourth-order valence-electron chi connectivity index (χ4n) is 2.22. The molecule has 5 nitrogen and oxygen atoms in total. The summed E-state index contributed by atoms with van der Waals surface area (Å²) in [7, 11) is 0. The molecule has 0 bridgehead atoms. The third-order valence-electron chi connectivity index (χ3n) is 3.15. The van der Waals surface area contributed by atoms with Crippen LogP contribution in [0.2, 0.25) is 0 Å². The summed E-state index contributed by atoms with van der Waals surface area (Å²) in [5.41, 5.74) is 0.982. The average molecular weight is 281 g/mol. The van der Waals surface area contributed by atoms with Crippen LogP contribution in [0.15, 0.2) is 5.38 Å². The third-order valence-corrected chi connectivity index (χ3v) is 4.29. The van der Waals surface area contributed by atoms with Gasteiger partial charge in [-0.2, -0.15) is 0 Å². The summed E-state index contributed by atoms with van der Waals surface area (Å²) in [5.74, 6) is -0.182. The molecule has 1 fully saturated rings. The van der Waals surface area contributed by atoms with Crippen LogP contribution in [-0.4, -0.2) is 34.3 Å². The maximum atomic E-state index is 12.1. The monoisotopic (exact) mass is 281 g/mol. The van der Waals surface area contributed by atoms with Gasteiger partial charge in [0, 0.05) is 17.6 Å². The van der Waals surface area contributed by atoms with Crippen LogP contribution in [0.5, 0.6) is 0 Å². The van der Waals surface area contributed by atoms with Crippen molar-refractivity contribution in [3.05, 3.63) is 16.1 Å². The van der Waals surface area contributed by atoms with Gasteiger partial charge in [0.25, 0.3) is 0 Å². The summed E-state index contributed by atoms with van der Waals surface area (Å²) in [5, 5.41) is 6.15. The second-order valence-electron chi connectivity index (χ2n) is 4.86. The molecule has 2 unspecified atom stereocenters. The molecule has 1 saturated heterocycles. The minimum Gasteiger partial charge on any atom is -0.297 e. The molecule has 2 heterocycles. The van der Waals surface area contributed by atoms with Gasteiger partial charge in [-0.15, -0.1) is 11.3 Å². The molecule has 1 aromatic heterocycles. The van der Waals surface area contributed by atoms with Crippen LogP contribution in [0.25, 0.3) is 0 Å². The minimum absolute atomic E-state index is 0.0120. The van der Waals surface area contributed by atoms with Crippen LogP contribution < -0.4 is 5.32 Å². The Bertz CT molecular complexity index is 486. The number of carbonyl (C=O) groups is 2. The van der Waals surface area contributed by atoms with E-state index >= 15 is 0 Å². The molecule has 2 atom stereocenters. The number of rotatable bonds is 5. The molecule has 6 heteroatoms. The van der Waals surface area contributed by atoms with Gasteiger partial charge in [0.15, 0.2) is 0 Å². The SMILES string of the molecule is CCCN1C(=O)CC(NC(C)c2nc(C)cs2)C1=O. The van der Waals surface area contributed by atoms with Gasteiger partial charge < -0.3 is 0 Å². The highest BCUT2D eigenvalue weighted by atomic mass is 32.1. The topological polar surface area (TPSA) is 62.3 Å². The Kier molecular flexibility index (Phi) is 4.31. The van der Waals surface area contributed by atoms with E-state index in [0.29, 0.717) is 6.54 Å². The predicted molar refractivity (Wildman–Crippen MR) is 73.8 cm³/mol. The Morgan fingerprint density at radius 2 is 2.32 bits per heavy atom. The number of aromatic nitrogens is 1. The van der Waals surface area contributed by atoms with Crippen molar-refractivity contribution in [3.8, 4) is 0 Å². The highest BCUT2D eigenvalue weighted by molar-refractivity contribution is 7.09. The summed E-state index contributed by atoms with van der Waals surface area (Å²) in [6, 6.07) is -0.416. The molecule has 19 heavy (non-hydrogen) atoms. The normalized spacial score (nSPS) is 21.2. The van der Waals surface area contributed by atoms with Crippen LogP contribution in [0, 0.1) is 6.92 Å². The van der Waals surface area contributed by atoms with Crippen LogP contribution in [0.1, 0.15) is 43.4 Å². The molecule has 1 aromatic rings. The van der Waals surface area contributed by atoms with E-state index in [1.807, 2.05) is 26.2 Å². The first-order valence-electron chi connectivity index (χ1n) is 6.55. The number of amides is 2. The Balaban J connectivity index is 2.00. The lowest BCUT2D eigenvalue weighted by Gasteiger charge is -2.17. The van der Waals surface area contributed by atoms with E-state index in [1.54, 1.807) is 11.3 Å². The van der Waals surface area contributed by atoms with Crippen LogP contribution in [0.3, 0.4) is 0 Å². The highest BCUT2D eigenvalue weighted by Crippen LogP contribution is 2.21. The van der Waals surface area contributed by atoms with E-state index in [1.165, 1.54) is 4.90 Å². The lowest BCUT2D eigenvalue weighted by atomic mass is 10.2. The molecule has 2 rings (SSSR count). The zero-order valence-corrected chi connectivity index (χ0v) is 12.3. The molecule has 0 spiro atoms. The number of nitrogens with one attached hydrogen (secondary N) is 1. The number of aryl methyl sites for hydroxylation is 1. The number of likely N-dealkylation sites (tertiary alicyclic amines) is 1. The first-order valence-corrected chi connectivity index (χ1v) is 7.43. The fourth-order valence-corrected chi connectivity index (χ4v) is 3.03. The van der Waals surface area contributed by atoms with E-state index in [9.17, 15) is 9.59 Å². The largest absolute Gasteiger partial charge is 0.297 e. The van der Waals surface area contributed by atoms with Crippen LogP contribution >= 0.6 is 11.3 Å². The second kappa shape index (κ2) is 5.79. The van der Waals surface area contributed by atoms with Crippen molar-refractivity contribution < 1.29 is 9.59 Å². The zero-order chi connectivity index (χ0) is 14.0. The van der Waals surface area contributed by atoms with Gasteiger partial charge in [0.05, 0.1) is 18.5 Å². The van der Waals surface area contributed by atoms with Crippen LogP contribution in [-0.2, 0) is 9.59 Å². The maximum absolute atomic E-state index is 12.1. The molecular formula is C13H19N3O2S. The Labute approximate surface area is 117 Å². The number of carbonyl (C=O) groups excluding carboxylic acids is 2. The molecule has 1 aliphatic rings. The number of hydrogen-bond donors (Lipinski definition) is 1. The summed E-state index contributed by atoms with van der Waals surface area (Å²) in [4.78, 5) is 29.6. The smallest absolute Gasteiger partial charge is 0.246 e. The van der Waals surface area contributed by atoms with Crippen molar-refractivity contribution in [2.75, 3.05) is 6.54 Å². The molecule has 0 radical (unpaired) electrons. The van der Waals surface area contributed by atoms with Gasteiger partial charge in [0.2, 0.25) is 11.8 Å². The lowest BCUT2D eigenvalue weighted by molar-refractivity contribution is -0.138. The molecule has 2 amide bonds. The molecule has 0 aliphatic carbocycles. The van der Waals surface area contributed by atoms with E-state index < -0.39 is 6.04 Å². The number of hydrogen-bond acceptors (Lipinski definition) is 5. The van der Waals surface area contributed by atoms with Crippen molar-refractivity contribution in [2.24, 2.45) is 0 Å². The van der Waals surface area contributed by atoms with Gasteiger partial charge in [0.1, 0.15) is 5.01 Å². The fraction of sp³-hybridized carbons (Fsp3) is 0.615. The van der Waals surface area contributed by atoms with Gasteiger partial charge in [-0.05, 0) is 20.3 Å². The van der Waals surface area contributed by atoms with Crippen molar-refractivity contribution in [1.82, 2.24) is 15.2 Å². The van der Waals surface area contributed by atoms with Gasteiger partial charge >= 0.3 is 0 Å². The molecule has 0 saturated carbocycles. The Hall–Kier alpha value is -1.27. The number of thiazole rings is 1. The maximum Gasteiger partial charge on any atom is 0.246 e. The van der Waals surface area contributed by atoms with Gasteiger partial charge in [-0.3, -0.25) is 19.8 Å². The first-order chi connectivity index (χ1) is 9.02. The quantitative estimate of drug-likeness (QED) is 0.833. The number of nitrogens with zero attached hydrogens (tertiary/aromatic N) is 2. The second-order valence-corrected chi connectivity index (χ2v) is 5.75. The van der Waals surface area contributed by atoms with E-state index in [-0.39, 0.29) is 24.3 Å². The van der Waals surface area contributed by atoms with E-state index in [4.69, 9.17) is 0 Å². The average Bonchev–Trinajstić information content (AvgIpc) is 2.89. The van der Waals surface area contributed by atoms with Crippen molar-refractivity contribution in [1.29, 1.82) is 0 Å². The summed E-state index contributed by atoms with van der Waals surface area (Å²) in [6.45, 7) is 6.39. The van der Waals surface area contributed by atoms with Crippen LogP contribution in [0.4, 0.5) is 0 Å². The van der Waals surface area contributed by atoms with Crippen molar-refractivity contribution in [3.63, 3.8) is 0 Å². The Morgan fingerprint density at radius 1 is 1.58 bits per heavy atom. The van der Waals surface area contributed by atoms with Gasteiger partial charge in [-0.1, -0.05) is 6.92 Å². The zero-order valence-electron chi connectivity index (χ0n) is 11.5. The lowest BCUT2D eigenvalue weighted by Crippen LogP contribution is -2.40. The number of imide groups is 1. The third kappa shape index (κ3) is 3.01. The molecule has 1 aliphatic heterocycles. The first kappa shape index (κ1) is 14.1. The summed E-state index contributed by atoms with van der Waals surface area (Å²) < 4.78 is 0. The minimum atomic E-state index is -0.404. The van der Waals surface area contributed by atoms with E-state index in [0.717, 1.165) is 17.1 Å². The molecule has 1 N–H and O–H groups in total. The standard InChI is InChI=1S/C13H19N3O2S/c1-4-5-16-11(17)6-10(13(16)18)15-9(3)12-14-8(2)7-19-12/h7,9-10,15H,4-6H2,1-3H3. The summed E-state index contributed by atoms with van der Waals surface area (Å²) >= 11 is 1.57. The Morgan fingerprint density at radius 3 is 2.89 bits per heavy atom. The molecular weight excluding hydrogens is 262 g/mol. The molecule has 0 aromatic carbocycles. The highest BCUT2D eigenvalue weighted by Gasteiger charge is 2.38.